The predicted molar refractivity (Wildman–Crippen MR) is 185 cm³/mol. The first kappa shape index (κ1) is 32.1. The van der Waals surface area contributed by atoms with E-state index in [4.69, 9.17) is 16.3 Å². The number of hydrogen-bond donors (Lipinski definition) is 3. The quantitative estimate of drug-likeness (QED) is 0.0991. The number of amides is 3. The molecule has 0 heterocycles. The van der Waals surface area contributed by atoms with Crippen LogP contribution in [0.4, 0.5) is 11.4 Å². The van der Waals surface area contributed by atoms with Gasteiger partial charge in [-0.05, 0) is 72.3 Å². The van der Waals surface area contributed by atoms with E-state index in [0.29, 0.717) is 33.3 Å². The van der Waals surface area contributed by atoms with Crippen molar-refractivity contribution in [2.24, 2.45) is 0 Å². The van der Waals surface area contributed by atoms with Gasteiger partial charge in [0.1, 0.15) is 16.7 Å². The minimum absolute atomic E-state index is 0.0286. The highest BCUT2D eigenvalue weighted by atomic mass is 35.5. The lowest BCUT2D eigenvalue weighted by Crippen LogP contribution is -2.30. The first-order valence-corrected chi connectivity index (χ1v) is 15.6. The van der Waals surface area contributed by atoms with Crippen LogP contribution in [0, 0.1) is 0 Å². The lowest BCUT2D eigenvalue weighted by molar-refractivity contribution is -0.116. The molecule has 5 rings (SSSR count). The van der Waals surface area contributed by atoms with E-state index in [-0.39, 0.29) is 11.6 Å². The molecule has 46 heavy (non-hydrogen) atoms. The molecular formula is C37H30ClN3O4S. The first-order valence-electron chi connectivity index (χ1n) is 14.3. The number of methoxy groups -OCH3 is 1. The van der Waals surface area contributed by atoms with Crippen LogP contribution in [0.25, 0.3) is 6.08 Å². The lowest BCUT2D eigenvalue weighted by Gasteiger charge is -2.18. The van der Waals surface area contributed by atoms with Gasteiger partial charge in [-0.25, -0.2) is 0 Å². The number of hydrogen-bond acceptors (Lipinski definition) is 5. The van der Waals surface area contributed by atoms with Gasteiger partial charge in [-0.3, -0.25) is 14.4 Å². The van der Waals surface area contributed by atoms with Crippen molar-refractivity contribution in [3.8, 4) is 5.75 Å². The number of ether oxygens (including phenoxy) is 1. The van der Waals surface area contributed by atoms with Gasteiger partial charge in [-0.15, -0.1) is 11.8 Å². The number of rotatable bonds is 11. The van der Waals surface area contributed by atoms with E-state index in [1.807, 2.05) is 54.6 Å². The molecule has 0 aliphatic rings. The number of carbonyl (C=O) groups is 3. The van der Waals surface area contributed by atoms with Crippen LogP contribution in [-0.4, -0.2) is 24.8 Å². The van der Waals surface area contributed by atoms with Crippen LogP contribution in [0.5, 0.6) is 5.75 Å². The Morgan fingerprint density at radius 1 is 0.739 bits per heavy atom. The Hall–Kier alpha value is -5.31. The summed E-state index contributed by atoms with van der Waals surface area (Å²) < 4.78 is 5.45. The van der Waals surface area contributed by atoms with Crippen molar-refractivity contribution in [3.63, 3.8) is 0 Å². The average Bonchev–Trinajstić information content (AvgIpc) is 3.09. The number of halogens is 1. The third-order valence-electron chi connectivity index (χ3n) is 6.77. The van der Waals surface area contributed by atoms with Crippen LogP contribution in [0.3, 0.4) is 0 Å². The van der Waals surface area contributed by atoms with E-state index in [2.05, 4.69) is 16.0 Å². The summed E-state index contributed by atoms with van der Waals surface area (Å²) in [7, 11) is 1.54. The third-order valence-corrected chi connectivity index (χ3v) is 8.27. The van der Waals surface area contributed by atoms with Crippen molar-refractivity contribution in [3.05, 3.63) is 161 Å². The molecule has 0 fully saturated rings. The molecule has 0 spiro atoms. The monoisotopic (exact) mass is 647 g/mol. The van der Waals surface area contributed by atoms with Crippen LogP contribution in [0.1, 0.15) is 26.7 Å². The van der Waals surface area contributed by atoms with E-state index in [0.717, 1.165) is 10.5 Å². The Kier molecular flexibility index (Phi) is 10.9. The smallest absolute Gasteiger partial charge is 0.272 e. The fraction of sp³-hybridized carbons (Fsp3) is 0.0541. The van der Waals surface area contributed by atoms with E-state index in [1.54, 1.807) is 84.9 Å². The molecule has 0 aromatic heterocycles. The third kappa shape index (κ3) is 8.65. The Bertz CT molecular complexity index is 1850. The van der Waals surface area contributed by atoms with Crippen LogP contribution in [0.2, 0.25) is 5.02 Å². The van der Waals surface area contributed by atoms with Gasteiger partial charge >= 0.3 is 0 Å². The summed E-state index contributed by atoms with van der Waals surface area (Å²) in [5, 5.41) is 8.60. The summed E-state index contributed by atoms with van der Waals surface area (Å²) in [5.41, 5.74) is 2.98. The highest BCUT2D eigenvalue weighted by Gasteiger charge is 2.23. The zero-order chi connectivity index (χ0) is 32.3. The number of carbonyl (C=O) groups excluding carboxylic acids is 3. The molecule has 3 amide bonds. The van der Waals surface area contributed by atoms with Crippen molar-refractivity contribution >= 4 is 58.5 Å². The average molecular weight is 648 g/mol. The highest BCUT2D eigenvalue weighted by molar-refractivity contribution is 8.00. The Morgan fingerprint density at radius 3 is 2.13 bits per heavy atom. The zero-order valence-electron chi connectivity index (χ0n) is 24.8. The van der Waals surface area contributed by atoms with Gasteiger partial charge in [-0.1, -0.05) is 84.4 Å². The number of anilines is 2. The van der Waals surface area contributed by atoms with Crippen molar-refractivity contribution < 1.29 is 19.1 Å². The molecule has 0 bridgehead atoms. The topological polar surface area (TPSA) is 96.5 Å². The summed E-state index contributed by atoms with van der Waals surface area (Å²) in [6.07, 6.45) is 1.57. The fourth-order valence-corrected chi connectivity index (χ4v) is 5.72. The van der Waals surface area contributed by atoms with Gasteiger partial charge in [0.25, 0.3) is 11.8 Å². The Labute approximate surface area is 276 Å². The normalized spacial score (nSPS) is 11.7. The molecule has 5 aromatic carbocycles. The Morgan fingerprint density at radius 2 is 1.41 bits per heavy atom. The molecule has 5 aromatic rings. The molecule has 1 unspecified atom stereocenters. The van der Waals surface area contributed by atoms with E-state index >= 15 is 0 Å². The summed E-state index contributed by atoms with van der Waals surface area (Å²) in [4.78, 5) is 41.0. The van der Waals surface area contributed by atoms with Crippen LogP contribution in [0.15, 0.2) is 144 Å². The van der Waals surface area contributed by atoms with Crippen molar-refractivity contribution in [1.82, 2.24) is 5.32 Å². The second-order valence-electron chi connectivity index (χ2n) is 10.0. The van der Waals surface area contributed by atoms with Crippen molar-refractivity contribution in [2.75, 3.05) is 17.7 Å². The second-order valence-corrected chi connectivity index (χ2v) is 11.6. The number of nitrogens with one attached hydrogen (secondary N) is 3. The SMILES string of the molecule is COc1ccccc1/C=C(/NC(=O)c1ccccc1)C(=O)Nc1cccc(SC(C(=O)Nc2ccc(Cl)cc2)c2ccccc2)c1. The maximum atomic E-state index is 13.7. The van der Waals surface area contributed by atoms with Crippen LogP contribution >= 0.6 is 23.4 Å². The summed E-state index contributed by atoms with van der Waals surface area (Å²) >= 11 is 7.36. The van der Waals surface area contributed by atoms with Gasteiger partial charge in [0, 0.05) is 32.4 Å². The highest BCUT2D eigenvalue weighted by Crippen LogP contribution is 2.37. The summed E-state index contributed by atoms with van der Waals surface area (Å²) in [6.45, 7) is 0. The van der Waals surface area contributed by atoms with Crippen molar-refractivity contribution in [1.29, 1.82) is 0 Å². The Balaban J connectivity index is 1.39. The summed E-state index contributed by atoms with van der Waals surface area (Å²) in [5.74, 6) is -0.626. The molecule has 9 heteroatoms. The molecule has 1 atom stereocenters. The first-order chi connectivity index (χ1) is 22.4. The molecule has 7 nitrogen and oxygen atoms in total. The van der Waals surface area contributed by atoms with Crippen LogP contribution < -0.4 is 20.7 Å². The largest absolute Gasteiger partial charge is 0.496 e. The molecule has 0 aliphatic carbocycles. The second kappa shape index (κ2) is 15.6. The lowest BCUT2D eigenvalue weighted by atomic mass is 10.1. The molecule has 0 saturated carbocycles. The number of benzene rings is 5. The van der Waals surface area contributed by atoms with Crippen LogP contribution in [-0.2, 0) is 9.59 Å². The summed E-state index contributed by atoms with van der Waals surface area (Å²) in [6, 6.07) is 39.4. The zero-order valence-corrected chi connectivity index (χ0v) is 26.3. The standard InChI is InChI=1S/C37H30ClN3O4S/c1-45-33-18-9-8-15-27(33)23-32(41-35(42)26-13-6-3-7-14-26)36(43)40-30-16-10-17-31(24-30)46-34(25-11-4-2-5-12-25)37(44)39-29-21-19-28(38)20-22-29/h2-24,34H,1H3,(H,39,44)(H,40,43)(H,41,42)/b32-23+. The maximum absolute atomic E-state index is 13.7. The minimum atomic E-state index is -0.589. The van der Waals surface area contributed by atoms with Gasteiger partial charge in [0.15, 0.2) is 0 Å². The van der Waals surface area contributed by atoms with E-state index in [1.165, 1.54) is 18.9 Å². The molecule has 3 N–H and O–H groups in total. The number of para-hydroxylation sites is 1. The minimum Gasteiger partial charge on any atom is -0.496 e. The predicted octanol–water partition coefficient (Wildman–Crippen LogP) is 8.23. The van der Waals surface area contributed by atoms with Gasteiger partial charge in [-0.2, -0.15) is 0 Å². The molecule has 0 radical (unpaired) electrons. The van der Waals surface area contributed by atoms with Crippen molar-refractivity contribution in [2.45, 2.75) is 10.1 Å². The van der Waals surface area contributed by atoms with E-state index in [9.17, 15) is 14.4 Å². The maximum Gasteiger partial charge on any atom is 0.272 e. The van der Waals surface area contributed by atoms with E-state index < -0.39 is 17.1 Å². The van der Waals surface area contributed by atoms with Gasteiger partial charge in [0.2, 0.25) is 5.91 Å². The molecule has 230 valence electrons. The molecule has 0 saturated heterocycles. The number of thioether (sulfide) groups is 1. The molecule has 0 aliphatic heterocycles. The van der Waals surface area contributed by atoms with Gasteiger partial charge in [0.05, 0.1) is 7.11 Å². The van der Waals surface area contributed by atoms with Gasteiger partial charge < -0.3 is 20.7 Å². The fourth-order valence-electron chi connectivity index (χ4n) is 4.51. The molecular weight excluding hydrogens is 618 g/mol.